The van der Waals surface area contributed by atoms with Crippen molar-refractivity contribution in [1.82, 2.24) is 5.32 Å². The molecule has 0 aliphatic carbocycles. The summed E-state index contributed by atoms with van der Waals surface area (Å²) in [7, 11) is 0. The van der Waals surface area contributed by atoms with Gasteiger partial charge in [0.2, 0.25) is 0 Å². The molecule has 0 saturated heterocycles. The maximum atomic E-state index is 13.9. The number of para-hydroxylation sites is 1. The Morgan fingerprint density at radius 2 is 1.67 bits per heavy atom. The SMILES string of the molecule is Cc1cccc(C)c1NC(=O)[C@H](NC(=O)c1ccccc1F)c1ccco1. The molecule has 0 aliphatic rings. The third-order valence-electron chi connectivity index (χ3n) is 4.21. The summed E-state index contributed by atoms with van der Waals surface area (Å²) in [5.41, 5.74) is 2.30. The van der Waals surface area contributed by atoms with Crippen molar-refractivity contribution >= 4 is 17.5 Å². The van der Waals surface area contributed by atoms with Crippen molar-refractivity contribution in [3.8, 4) is 0 Å². The number of anilines is 1. The molecule has 6 heteroatoms. The smallest absolute Gasteiger partial charge is 0.255 e. The van der Waals surface area contributed by atoms with Gasteiger partial charge in [0.25, 0.3) is 11.8 Å². The lowest BCUT2D eigenvalue weighted by atomic mass is 10.1. The highest BCUT2D eigenvalue weighted by atomic mass is 19.1. The van der Waals surface area contributed by atoms with Crippen molar-refractivity contribution in [2.75, 3.05) is 5.32 Å². The average molecular weight is 366 g/mol. The summed E-state index contributed by atoms with van der Waals surface area (Å²) >= 11 is 0. The molecule has 2 N–H and O–H groups in total. The molecule has 2 aromatic carbocycles. The van der Waals surface area contributed by atoms with E-state index in [0.717, 1.165) is 11.1 Å². The molecule has 1 atom stereocenters. The maximum absolute atomic E-state index is 13.9. The third-order valence-corrected chi connectivity index (χ3v) is 4.21. The quantitative estimate of drug-likeness (QED) is 0.713. The van der Waals surface area contributed by atoms with Crippen LogP contribution in [-0.2, 0) is 4.79 Å². The van der Waals surface area contributed by atoms with Crippen molar-refractivity contribution < 1.29 is 18.4 Å². The average Bonchev–Trinajstić information content (AvgIpc) is 3.17. The van der Waals surface area contributed by atoms with Crippen molar-refractivity contribution in [1.29, 1.82) is 0 Å². The Morgan fingerprint density at radius 3 is 2.30 bits per heavy atom. The largest absolute Gasteiger partial charge is 0.467 e. The zero-order valence-corrected chi connectivity index (χ0v) is 15.0. The standard InChI is InChI=1S/C21H19FN2O3/c1-13-7-5-8-14(2)18(13)23-21(26)19(17-11-6-12-27-17)24-20(25)15-9-3-4-10-16(15)22/h3-12,19H,1-2H3,(H,23,26)(H,24,25)/t19-/m1/s1. The van der Waals surface area contributed by atoms with Gasteiger partial charge in [0.05, 0.1) is 11.8 Å². The predicted molar refractivity (Wildman–Crippen MR) is 99.9 cm³/mol. The van der Waals surface area contributed by atoms with Crippen LogP contribution in [0.2, 0.25) is 0 Å². The highest BCUT2D eigenvalue weighted by Crippen LogP contribution is 2.23. The number of aryl methyl sites for hydroxylation is 2. The molecule has 0 spiro atoms. The number of hydrogen-bond acceptors (Lipinski definition) is 3. The molecule has 0 radical (unpaired) electrons. The molecule has 0 unspecified atom stereocenters. The number of furan rings is 1. The van der Waals surface area contributed by atoms with E-state index in [4.69, 9.17) is 4.42 Å². The molecule has 2 amide bonds. The minimum Gasteiger partial charge on any atom is -0.467 e. The summed E-state index contributed by atoms with van der Waals surface area (Å²) in [5.74, 6) is -1.59. The van der Waals surface area contributed by atoms with Gasteiger partial charge >= 0.3 is 0 Å². The van der Waals surface area contributed by atoms with E-state index in [1.54, 1.807) is 18.2 Å². The van der Waals surface area contributed by atoms with Crippen LogP contribution in [0.4, 0.5) is 10.1 Å². The highest BCUT2D eigenvalue weighted by Gasteiger charge is 2.27. The summed E-state index contributed by atoms with van der Waals surface area (Å²) in [6, 6.07) is 13.3. The van der Waals surface area contributed by atoms with Crippen molar-refractivity contribution in [2.45, 2.75) is 19.9 Å². The minimum absolute atomic E-state index is 0.145. The molecule has 0 fully saturated rings. The number of halogens is 1. The van der Waals surface area contributed by atoms with Crippen LogP contribution < -0.4 is 10.6 Å². The Bertz CT molecular complexity index is 947. The molecule has 3 rings (SSSR count). The lowest BCUT2D eigenvalue weighted by Gasteiger charge is -2.18. The predicted octanol–water partition coefficient (Wildman–Crippen LogP) is 4.15. The fourth-order valence-electron chi connectivity index (χ4n) is 2.78. The maximum Gasteiger partial charge on any atom is 0.255 e. The molecular formula is C21H19FN2O3. The van der Waals surface area contributed by atoms with E-state index < -0.39 is 23.7 Å². The summed E-state index contributed by atoms with van der Waals surface area (Å²) < 4.78 is 19.2. The number of amides is 2. The molecule has 0 bridgehead atoms. The van der Waals surface area contributed by atoms with Crippen LogP contribution in [0, 0.1) is 19.7 Å². The second-order valence-corrected chi connectivity index (χ2v) is 6.16. The van der Waals surface area contributed by atoms with Crippen LogP contribution in [0.25, 0.3) is 0 Å². The fourth-order valence-corrected chi connectivity index (χ4v) is 2.78. The Balaban J connectivity index is 1.87. The third kappa shape index (κ3) is 4.06. The number of carbonyl (C=O) groups is 2. The van der Waals surface area contributed by atoms with Gasteiger partial charge in [0, 0.05) is 5.69 Å². The van der Waals surface area contributed by atoms with Crippen LogP contribution in [-0.4, -0.2) is 11.8 Å². The molecule has 138 valence electrons. The normalized spacial score (nSPS) is 11.7. The van der Waals surface area contributed by atoms with Crippen molar-refractivity contribution in [3.05, 3.63) is 89.1 Å². The van der Waals surface area contributed by atoms with E-state index >= 15 is 0 Å². The van der Waals surface area contributed by atoms with Gasteiger partial charge in [-0.3, -0.25) is 9.59 Å². The molecule has 3 aromatic rings. The first-order chi connectivity index (χ1) is 13.0. The number of carbonyl (C=O) groups excluding carboxylic acids is 2. The lowest BCUT2D eigenvalue weighted by molar-refractivity contribution is -0.118. The first kappa shape index (κ1) is 18.4. The van der Waals surface area contributed by atoms with Gasteiger partial charge in [0.15, 0.2) is 6.04 Å². The van der Waals surface area contributed by atoms with Crippen LogP contribution in [0.1, 0.15) is 33.3 Å². The number of nitrogens with one attached hydrogen (secondary N) is 2. The molecule has 27 heavy (non-hydrogen) atoms. The van der Waals surface area contributed by atoms with Crippen LogP contribution in [0.15, 0.2) is 65.3 Å². The van der Waals surface area contributed by atoms with E-state index in [2.05, 4.69) is 10.6 Å². The second kappa shape index (κ2) is 7.86. The Morgan fingerprint density at radius 1 is 0.963 bits per heavy atom. The first-order valence-corrected chi connectivity index (χ1v) is 8.43. The number of benzene rings is 2. The van der Waals surface area contributed by atoms with Gasteiger partial charge in [-0.15, -0.1) is 0 Å². The zero-order valence-electron chi connectivity index (χ0n) is 15.0. The van der Waals surface area contributed by atoms with Crippen LogP contribution in [0.3, 0.4) is 0 Å². The zero-order chi connectivity index (χ0) is 19.4. The van der Waals surface area contributed by atoms with Gasteiger partial charge in [-0.2, -0.15) is 0 Å². The Labute approximate surface area is 156 Å². The second-order valence-electron chi connectivity index (χ2n) is 6.16. The topological polar surface area (TPSA) is 71.3 Å². The molecule has 0 aliphatic heterocycles. The highest BCUT2D eigenvalue weighted by molar-refractivity contribution is 6.02. The van der Waals surface area contributed by atoms with E-state index in [9.17, 15) is 14.0 Å². The van der Waals surface area contributed by atoms with E-state index in [1.165, 1.54) is 24.5 Å². The van der Waals surface area contributed by atoms with Crippen molar-refractivity contribution in [2.24, 2.45) is 0 Å². The summed E-state index contributed by atoms with van der Waals surface area (Å²) in [6.07, 6.45) is 1.41. The molecule has 1 aromatic heterocycles. The van der Waals surface area contributed by atoms with Gasteiger partial charge < -0.3 is 15.1 Å². The summed E-state index contributed by atoms with van der Waals surface area (Å²) in [4.78, 5) is 25.4. The number of hydrogen-bond donors (Lipinski definition) is 2. The van der Waals surface area contributed by atoms with Crippen LogP contribution in [0.5, 0.6) is 0 Å². The van der Waals surface area contributed by atoms with Crippen LogP contribution >= 0.6 is 0 Å². The van der Waals surface area contributed by atoms with Gasteiger partial charge in [0.1, 0.15) is 11.6 Å². The lowest BCUT2D eigenvalue weighted by Crippen LogP contribution is -2.37. The Hall–Kier alpha value is -3.41. The Kier molecular flexibility index (Phi) is 5.35. The minimum atomic E-state index is -1.11. The van der Waals surface area contributed by atoms with Crippen molar-refractivity contribution in [3.63, 3.8) is 0 Å². The molecule has 5 nitrogen and oxygen atoms in total. The van der Waals surface area contributed by atoms with Gasteiger partial charge in [-0.1, -0.05) is 30.3 Å². The van der Waals surface area contributed by atoms with E-state index in [1.807, 2.05) is 32.0 Å². The number of rotatable bonds is 5. The van der Waals surface area contributed by atoms with E-state index in [0.29, 0.717) is 5.69 Å². The summed E-state index contributed by atoms with van der Waals surface area (Å²) in [5, 5.41) is 5.38. The monoisotopic (exact) mass is 366 g/mol. The van der Waals surface area contributed by atoms with Gasteiger partial charge in [-0.05, 0) is 49.2 Å². The fraction of sp³-hybridized carbons (Fsp3) is 0.143. The molecule has 0 saturated carbocycles. The van der Waals surface area contributed by atoms with Gasteiger partial charge in [-0.25, -0.2) is 4.39 Å². The summed E-state index contributed by atoms with van der Waals surface area (Å²) in [6.45, 7) is 3.75. The molecular weight excluding hydrogens is 347 g/mol. The van der Waals surface area contributed by atoms with E-state index in [-0.39, 0.29) is 11.3 Å². The first-order valence-electron chi connectivity index (χ1n) is 8.43. The molecule has 1 heterocycles.